The summed E-state index contributed by atoms with van der Waals surface area (Å²) >= 11 is 0. The highest BCUT2D eigenvalue weighted by Gasteiger charge is 2.42. The Balaban J connectivity index is 1.51. The molecule has 1 atom stereocenters. The van der Waals surface area contributed by atoms with Crippen LogP contribution in [0.1, 0.15) is 13.3 Å². The highest BCUT2D eigenvalue weighted by Crippen LogP contribution is 2.31. The fourth-order valence-electron chi connectivity index (χ4n) is 3.11. The van der Waals surface area contributed by atoms with E-state index in [1.807, 2.05) is 12.1 Å². The number of carbonyl (C=O) groups is 2. The van der Waals surface area contributed by atoms with Crippen LogP contribution in [0.5, 0.6) is 0 Å². The Hall–Kier alpha value is -3.42. The lowest BCUT2D eigenvalue weighted by Gasteiger charge is -2.20. The summed E-state index contributed by atoms with van der Waals surface area (Å²) in [7, 11) is 0. The first-order valence-corrected chi connectivity index (χ1v) is 8.56. The van der Waals surface area contributed by atoms with Crippen LogP contribution >= 0.6 is 0 Å². The van der Waals surface area contributed by atoms with Crippen molar-refractivity contribution < 1.29 is 19.1 Å². The van der Waals surface area contributed by atoms with Gasteiger partial charge in [0.15, 0.2) is 5.58 Å². The molecule has 8 heteroatoms. The summed E-state index contributed by atoms with van der Waals surface area (Å²) in [6, 6.07) is 10.3. The molecule has 2 amide bonds. The summed E-state index contributed by atoms with van der Waals surface area (Å²) < 4.78 is 5.75. The van der Waals surface area contributed by atoms with Crippen LogP contribution in [0.3, 0.4) is 0 Å². The predicted molar refractivity (Wildman–Crippen MR) is 98.2 cm³/mol. The molecule has 2 aromatic heterocycles. The Labute approximate surface area is 154 Å². The fourth-order valence-corrected chi connectivity index (χ4v) is 3.11. The van der Waals surface area contributed by atoms with Gasteiger partial charge in [-0.15, -0.1) is 0 Å². The van der Waals surface area contributed by atoms with Crippen molar-refractivity contribution in [3.8, 4) is 11.6 Å². The molecule has 1 saturated heterocycles. The highest BCUT2D eigenvalue weighted by atomic mass is 16.4. The molecule has 0 saturated carbocycles. The minimum atomic E-state index is -0.899. The lowest BCUT2D eigenvalue weighted by molar-refractivity contribution is -0.146. The Morgan fingerprint density at radius 3 is 2.85 bits per heavy atom. The average molecular weight is 366 g/mol. The van der Waals surface area contributed by atoms with Crippen LogP contribution in [0.4, 0.5) is 10.5 Å². The molecule has 8 nitrogen and oxygen atoms in total. The minimum absolute atomic E-state index is 0.183. The molecule has 1 fully saturated rings. The Bertz CT molecular complexity index is 1020. The fraction of sp³-hybridized carbons (Fsp3) is 0.263. The molecule has 1 aliphatic heterocycles. The molecule has 138 valence electrons. The quantitative estimate of drug-likeness (QED) is 0.737. The number of carbonyl (C=O) groups excluding carboxylic acids is 1. The smallest absolute Gasteiger partial charge is 0.321 e. The normalized spacial score (nSPS) is 19.4. The second-order valence-electron chi connectivity index (χ2n) is 6.88. The van der Waals surface area contributed by atoms with Gasteiger partial charge < -0.3 is 19.7 Å². The van der Waals surface area contributed by atoms with E-state index in [1.165, 1.54) is 4.90 Å². The molecule has 4 rings (SSSR count). The minimum Gasteiger partial charge on any atom is -0.481 e. The number of anilines is 1. The summed E-state index contributed by atoms with van der Waals surface area (Å²) in [5, 5.41) is 12.1. The summed E-state index contributed by atoms with van der Waals surface area (Å²) in [6.07, 6.45) is 2.10. The second-order valence-corrected chi connectivity index (χ2v) is 6.88. The maximum Gasteiger partial charge on any atom is 0.321 e. The Kier molecular flexibility index (Phi) is 4.02. The number of hydrogen-bond acceptors (Lipinski definition) is 5. The number of nitrogens with one attached hydrogen (secondary N) is 1. The summed E-state index contributed by atoms with van der Waals surface area (Å²) in [6.45, 7) is 2.24. The molecular weight excluding hydrogens is 348 g/mol. The van der Waals surface area contributed by atoms with E-state index in [2.05, 4.69) is 15.3 Å². The third-order valence-corrected chi connectivity index (χ3v) is 4.80. The number of aromatic nitrogens is 2. The predicted octanol–water partition coefficient (Wildman–Crippen LogP) is 3.22. The molecule has 3 aromatic rings. The molecule has 0 bridgehead atoms. The average Bonchev–Trinajstić information content (AvgIpc) is 3.27. The molecule has 0 aliphatic carbocycles. The molecular formula is C19H18N4O4. The van der Waals surface area contributed by atoms with E-state index in [4.69, 9.17) is 4.42 Å². The molecule has 0 spiro atoms. The van der Waals surface area contributed by atoms with Crippen molar-refractivity contribution in [2.24, 2.45) is 5.41 Å². The van der Waals surface area contributed by atoms with Crippen LogP contribution in [0.2, 0.25) is 0 Å². The zero-order valence-electron chi connectivity index (χ0n) is 14.7. The molecule has 2 N–H and O–H groups in total. The molecule has 1 aromatic carbocycles. The van der Waals surface area contributed by atoms with Gasteiger partial charge in [0.25, 0.3) is 0 Å². The SMILES string of the molecule is CC1(C(=O)O)CCN(C(=O)Nc2ccc3nc(-c4ccccn4)oc3c2)C1. The zero-order chi connectivity index (χ0) is 19.0. The van der Waals surface area contributed by atoms with Gasteiger partial charge in [-0.1, -0.05) is 6.07 Å². The number of carboxylic acids is 1. The van der Waals surface area contributed by atoms with Gasteiger partial charge in [0.1, 0.15) is 11.2 Å². The van der Waals surface area contributed by atoms with Gasteiger partial charge in [0, 0.05) is 31.0 Å². The van der Waals surface area contributed by atoms with Crippen molar-refractivity contribution in [2.75, 3.05) is 18.4 Å². The Morgan fingerprint density at radius 2 is 2.15 bits per heavy atom. The van der Waals surface area contributed by atoms with Crippen molar-refractivity contribution >= 4 is 28.8 Å². The largest absolute Gasteiger partial charge is 0.481 e. The first-order chi connectivity index (χ1) is 12.9. The third kappa shape index (κ3) is 3.21. The molecule has 27 heavy (non-hydrogen) atoms. The standard InChI is InChI=1S/C19H18N4O4/c1-19(17(24)25)7-9-23(11-19)18(26)21-12-5-6-13-15(10-12)27-16(22-13)14-4-2-3-8-20-14/h2-6,8,10H,7,9,11H2,1H3,(H,21,26)(H,24,25). The van der Waals surface area contributed by atoms with Crippen molar-refractivity contribution in [2.45, 2.75) is 13.3 Å². The van der Waals surface area contributed by atoms with Crippen molar-refractivity contribution in [1.29, 1.82) is 0 Å². The topological polar surface area (TPSA) is 109 Å². The lowest BCUT2D eigenvalue weighted by Crippen LogP contribution is -2.37. The van der Waals surface area contributed by atoms with Gasteiger partial charge in [-0.05, 0) is 37.6 Å². The summed E-state index contributed by atoms with van der Waals surface area (Å²) in [4.78, 5) is 33.9. The number of benzene rings is 1. The van der Waals surface area contributed by atoms with Crippen LogP contribution in [0.25, 0.3) is 22.7 Å². The van der Waals surface area contributed by atoms with Gasteiger partial charge in [-0.25, -0.2) is 9.78 Å². The van der Waals surface area contributed by atoms with Crippen LogP contribution in [0, 0.1) is 5.41 Å². The van der Waals surface area contributed by atoms with Gasteiger partial charge in [-0.2, -0.15) is 0 Å². The van der Waals surface area contributed by atoms with E-state index in [0.29, 0.717) is 41.3 Å². The van der Waals surface area contributed by atoms with Gasteiger partial charge >= 0.3 is 12.0 Å². The number of likely N-dealkylation sites (tertiary alicyclic amines) is 1. The lowest BCUT2D eigenvalue weighted by atomic mass is 9.90. The maximum atomic E-state index is 12.5. The van der Waals surface area contributed by atoms with Crippen LogP contribution < -0.4 is 5.32 Å². The first kappa shape index (κ1) is 17.0. The number of nitrogens with zero attached hydrogens (tertiary/aromatic N) is 3. The number of carboxylic acid groups (broad SMARTS) is 1. The van der Waals surface area contributed by atoms with Crippen molar-refractivity contribution in [1.82, 2.24) is 14.9 Å². The first-order valence-electron chi connectivity index (χ1n) is 8.56. The summed E-state index contributed by atoms with van der Waals surface area (Å²) in [5.41, 5.74) is 1.48. The van der Waals surface area contributed by atoms with Gasteiger partial charge in [0.2, 0.25) is 5.89 Å². The van der Waals surface area contributed by atoms with E-state index in [9.17, 15) is 14.7 Å². The van der Waals surface area contributed by atoms with E-state index in [-0.39, 0.29) is 12.6 Å². The summed E-state index contributed by atoms with van der Waals surface area (Å²) in [5.74, 6) is -0.478. The van der Waals surface area contributed by atoms with Crippen molar-refractivity contribution in [3.63, 3.8) is 0 Å². The monoisotopic (exact) mass is 366 g/mol. The number of pyridine rings is 1. The van der Waals surface area contributed by atoms with E-state index < -0.39 is 11.4 Å². The number of hydrogen-bond donors (Lipinski definition) is 2. The number of rotatable bonds is 3. The number of urea groups is 1. The molecule has 1 aliphatic rings. The van der Waals surface area contributed by atoms with E-state index in [1.54, 1.807) is 37.4 Å². The van der Waals surface area contributed by atoms with Crippen LogP contribution in [-0.2, 0) is 4.79 Å². The van der Waals surface area contributed by atoms with Gasteiger partial charge in [-0.3, -0.25) is 9.78 Å². The molecule has 3 heterocycles. The maximum absolute atomic E-state index is 12.5. The van der Waals surface area contributed by atoms with E-state index >= 15 is 0 Å². The van der Waals surface area contributed by atoms with Crippen LogP contribution in [0.15, 0.2) is 47.0 Å². The second kappa shape index (κ2) is 6.39. The van der Waals surface area contributed by atoms with Crippen LogP contribution in [-0.4, -0.2) is 45.1 Å². The number of fused-ring (bicyclic) bond motifs is 1. The zero-order valence-corrected chi connectivity index (χ0v) is 14.7. The molecule has 0 radical (unpaired) electrons. The third-order valence-electron chi connectivity index (χ3n) is 4.80. The highest BCUT2D eigenvalue weighted by molar-refractivity contribution is 5.92. The van der Waals surface area contributed by atoms with E-state index in [0.717, 1.165) is 0 Å². The number of aliphatic carboxylic acids is 1. The van der Waals surface area contributed by atoms with Crippen molar-refractivity contribution in [3.05, 3.63) is 42.6 Å². The number of oxazole rings is 1. The van der Waals surface area contributed by atoms with Gasteiger partial charge in [0.05, 0.1) is 5.41 Å². The molecule has 1 unspecified atom stereocenters. The Morgan fingerprint density at radius 1 is 1.30 bits per heavy atom. The number of amides is 2.